The van der Waals surface area contributed by atoms with Gasteiger partial charge in [-0.1, -0.05) is 62.0 Å². The van der Waals surface area contributed by atoms with Crippen LogP contribution in [-0.4, -0.2) is 18.5 Å². The number of rotatable bonds is 6. The number of hydrogen-bond donors (Lipinski definition) is 1. The maximum Gasteiger partial charge on any atom is 0.336 e. The van der Waals surface area contributed by atoms with Gasteiger partial charge in [-0.3, -0.25) is 4.79 Å². The lowest BCUT2D eigenvalue weighted by atomic mass is 9.84. The topological polar surface area (TPSA) is 55.4 Å². The van der Waals surface area contributed by atoms with Crippen LogP contribution in [0.1, 0.15) is 51.5 Å². The fourth-order valence-corrected chi connectivity index (χ4v) is 3.46. The minimum Gasteiger partial charge on any atom is -0.462 e. The maximum absolute atomic E-state index is 12.7. The average Bonchev–Trinajstić information content (AvgIpc) is 2.57. The van der Waals surface area contributed by atoms with Gasteiger partial charge >= 0.3 is 5.97 Å². The van der Waals surface area contributed by atoms with E-state index >= 15 is 0 Å². The molecular weight excluding hydrogens is 361 g/mol. The van der Waals surface area contributed by atoms with Crippen molar-refractivity contribution in [2.75, 3.05) is 6.61 Å². The molecule has 1 aliphatic heterocycles. The summed E-state index contributed by atoms with van der Waals surface area (Å²) < 4.78 is 5.53. The van der Waals surface area contributed by atoms with Crippen molar-refractivity contribution in [3.05, 3.63) is 45.1 Å². The number of carbonyl (C=O) groups is 2. The molecule has 0 aliphatic carbocycles. The summed E-state index contributed by atoms with van der Waals surface area (Å²) in [5.74, 6) is -0.703. The summed E-state index contributed by atoms with van der Waals surface area (Å²) in [6.07, 6.45) is 2.02. The van der Waals surface area contributed by atoms with E-state index in [2.05, 4.69) is 19.2 Å². The van der Waals surface area contributed by atoms with Crippen molar-refractivity contribution >= 4 is 35.1 Å². The van der Waals surface area contributed by atoms with Gasteiger partial charge in [0.05, 0.1) is 22.2 Å². The first kappa shape index (κ1) is 19.8. The summed E-state index contributed by atoms with van der Waals surface area (Å²) in [6, 6.07) is 5.23. The molecule has 2 rings (SSSR count). The molecule has 0 unspecified atom stereocenters. The molecule has 1 atom stereocenters. The Morgan fingerprint density at radius 1 is 1.32 bits per heavy atom. The van der Waals surface area contributed by atoms with Crippen LogP contribution in [0.5, 0.6) is 0 Å². The van der Waals surface area contributed by atoms with Gasteiger partial charge in [-0.05, 0) is 24.5 Å². The van der Waals surface area contributed by atoms with Crippen molar-refractivity contribution in [1.82, 2.24) is 5.32 Å². The Labute approximate surface area is 158 Å². The Kier molecular flexibility index (Phi) is 6.91. The molecule has 0 saturated heterocycles. The zero-order valence-electron chi connectivity index (χ0n) is 14.7. The number of esters is 1. The SMILES string of the molecule is CCC(CC)COC(=O)C1=C(C)NC(=O)C[C@H]1c1cccc(Cl)c1Cl. The highest BCUT2D eigenvalue weighted by atomic mass is 35.5. The standard InChI is InChI=1S/C19H23Cl2NO3/c1-4-12(5-2)10-25-19(24)17-11(3)22-16(23)9-14(17)13-7-6-8-15(20)18(13)21/h6-8,12,14H,4-5,9-10H2,1-3H3,(H,22,23)/t14-/m0/s1. The minimum atomic E-state index is -0.464. The second-order valence-electron chi connectivity index (χ2n) is 6.27. The Morgan fingerprint density at radius 3 is 2.64 bits per heavy atom. The molecule has 0 aromatic heterocycles. The first-order valence-electron chi connectivity index (χ1n) is 8.50. The lowest BCUT2D eigenvalue weighted by Gasteiger charge is -2.27. The molecule has 1 aromatic carbocycles. The number of ether oxygens (including phenoxy) is 1. The third-order valence-corrected chi connectivity index (χ3v) is 5.48. The van der Waals surface area contributed by atoms with Crippen LogP contribution < -0.4 is 5.32 Å². The summed E-state index contributed by atoms with van der Waals surface area (Å²) in [7, 11) is 0. The van der Waals surface area contributed by atoms with E-state index in [1.807, 2.05) is 0 Å². The molecule has 1 aliphatic rings. The zero-order valence-corrected chi connectivity index (χ0v) is 16.2. The lowest BCUT2D eigenvalue weighted by molar-refractivity contribution is -0.141. The number of amides is 1. The van der Waals surface area contributed by atoms with Crippen LogP contribution in [0.25, 0.3) is 0 Å². The van der Waals surface area contributed by atoms with Gasteiger partial charge in [0.2, 0.25) is 5.91 Å². The molecule has 4 nitrogen and oxygen atoms in total. The largest absolute Gasteiger partial charge is 0.462 e. The monoisotopic (exact) mass is 383 g/mol. The van der Waals surface area contributed by atoms with Crippen molar-refractivity contribution in [1.29, 1.82) is 0 Å². The Hall–Kier alpha value is -1.52. The molecule has 0 spiro atoms. The molecule has 1 N–H and O–H groups in total. The van der Waals surface area contributed by atoms with Gasteiger partial charge in [0.15, 0.2) is 0 Å². The van der Waals surface area contributed by atoms with Gasteiger partial charge in [0.1, 0.15) is 0 Å². The van der Waals surface area contributed by atoms with Crippen LogP contribution >= 0.6 is 23.2 Å². The lowest BCUT2D eigenvalue weighted by Crippen LogP contribution is -2.34. The summed E-state index contributed by atoms with van der Waals surface area (Å²) in [6.45, 7) is 6.21. The van der Waals surface area contributed by atoms with Crippen LogP contribution in [0.2, 0.25) is 10.0 Å². The second kappa shape index (κ2) is 8.72. The molecular formula is C19H23Cl2NO3. The number of allylic oxidation sites excluding steroid dienone is 1. The van der Waals surface area contributed by atoms with Gasteiger partial charge < -0.3 is 10.1 Å². The molecule has 6 heteroatoms. The van der Waals surface area contributed by atoms with E-state index in [1.165, 1.54) is 0 Å². The summed E-state index contributed by atoms with van der Waals surface area (Å²) >= 11 is 12.4. The van der Waals surface area contributed by atoms with E-state index in [0.29, 0.717) is 39.4 Å². The van der Waals surface area contributed by atoms with Crippen molar-refractivity contribution < 1.29 is 14.3 Å². The van der Waals surface area contributed by atoms with Crippen LogP contribution in [0.15, 0.2) is 29.5 Å². The quantitative estimate of drug-likeness (QED) is 0.714. The summed E-state index contributed by atoms with van der Waals surface area (Å²) in [5, 5.41) is 3.48. The maximum atomic E-state index is 12.7. The van der Waals surface area contributed by atoms with Gasteiger partial charge in [-0.25, -0.2) is 4.79 Å². The second-order valence-corrected chi connectivity index (χ2v) is 7.05. The van der Waals surface area contributed by atoms with Crippen molar-refractivity contribution in [2.24, 2.45) is 5.92 Å². The van der Waals surface area contributed by atoms with E-state index in [1.54, 1.807) is 25.1 Å². The number of carbonyl (C=O) groups excluding carboxylic acids is 2. The first-order chi connectivity index (χ1) is 11.9. The molecule has 0 fully saturated rings. The molecule has 0 bridgehead atoms. The molecule has 0 saturated carbocycles. The number of halogens is 2. The highest BCUT2D eigenvalue weighted by molar-refractivity contribution is 6.42. The van der Waals surface area contributed by atoms with Gasteiger partial charge in [-0.2, -0.15) is 0 Å². The van der Waals surface area contributed by atoms with E-state index < -0.39 is 11.9 Å². The number of hydrogen-bond acceptors (Lipinski definition) is 3. The molecule has 1 aromatic rings. The predicted octanol–water partition coefficient (Wildman–Crippen LogP) is 4.85. The zero-order chi connectivity index (χ0) is 18.6. The first-order valence-corrected chi connectivity index (χ1v) is 9.26. The molecule has 1 amide bonds. The van der Waals surface area contributed by atoms with E-state index in [0.717, 1.165) is 12.8 Å². The summed E-state index contributed by atoms with van der Waals surface area (Å²) in [4.78, 5) is 24.7. The fourth-order valence-electron chi connectivity index (χ4n) is 3.02. The predicted molar refractivity (Wildman–Crippen MR) is 99.7 cm³/mol. The third kappa shape index (κ3) is 4.56. The Bertz CT molecular complexity index is 696. The average molecular weight is 384 g/mol. The van der Waals surface area contributed by atoms with Gasteiger partial charge in [0.25, 0.3) is 0 Å². The smallest absolute Gasteiger partial charge is 0.336 e. The van der Waals surface area contributed by atoms with Crippen molar-refractivity contribution in [3.8, 4) is 0 Å². The van der Waals surface area contributed by atoms with Gasteiger partial charge in [-0.15, -0.1) is 0 Å². The minimum absolute atomic E-state index is 0.132. The van der Waals surface area contributed by atoms with E-state index in [9.17, 15) is 9.59 Å². The highest BCUT2D eigenvalue weighted by Crippen LogP contribution is 2.39. The van der Waals surface area contributed by atoms with E-state index in [4.69, 9.17) is 27.9 Å². The molecule has 1 heterocycles. The van der Waals surface area contributed by atoms with Crippen LogP contribution in [0.4, 0.5) is 0 Å². The normalized spacial score (nSPS) is 17.7. The van der Waals surface area contributed by atoms with E-state index in [-0.39, 0.29) is 12.3 Å². The van der Waals surface area contributed by atoms with Gasteiger partial charge in [0, 0.05) is 18.0 Å². The summed E-state index contributed by atoms with van der Waals surface area (Å²) in [5.41, 5.74) is 1.61. The third-order valence-electron chi connectivity index (χ3n) is 4.65. The van der Waals surface area contributed by atoms with Crippen molar-refractivity contribution in [3.63, 3.8) is 0 Å². The van der Waals surface area contributed by atoms with Crippen LogP contribution in [0, 0.1) is 5.92 Å². The molecule has 25 heavy (non-hydrogen) atoms. The Morgan fingerprint density at radius 2 is 2.00 bits per heavy atom. The fraction of sp³-hybridized carbons (Fsp3) is 0.474. The number of benzene rings is 1. The molecule has 0 radical (unpaired) electrons. The van der Waals surface area contributed by atoms with Crippen LogP contribution in [0.3, 0.4) is 0 Å². The highest BCUT2D eigenvalue weighted by Gasteiger charge is 2.34. The Balaban J connectivity index is 2.34. The van der Waals surface area contributed by atoms with Crippen LogP contribution in [-0.2, 0) is 14.3 Å². The molecule has 136 valence electrons. The van der Waals surface area contributed by atoms with Crippen molar-refractivity contribution in [2.45, 2.75) is 46.0 Å². The number of nitrogens with one attached hydrogen (secondary N) is 1.